The van der Waals surface area contributed by atoms with E-state index in [-0.39, 0.29) is 17.0 Å². The molecule has 0 spiro atoms. The van der Waals surface area contributed by atoms with E-state index in [0.29, 0.717) is 30.4 Å². The Bertz CT molecular complexity index is 773. The van der Waals surface area contributed by atoms with Crippen LogP contribution < -0.4 is 9.47 Å². The van der Waals surface area contributed by atoms with Crippen LogP contribution in [0.3, 0.4) is 0 Å². The van der Waals surface area contributed by atoms with Gasteiger partial charge in [-0.1, -0.05) is 0 Å². The Labute approximate surface area is 132 Å². The minimum atomic E-state index is -0.523. The van der Waals surface area contributed by atoms with Crippen LogP contribution >= 0.6 is 0 Å². The van der Waals surface area contributed by atoms with E-state index >= 15 is 0 Å². The molecule has 0 bridgehead atoms. The predicted octanol–water partition coefficient (Wildman–Crippen LogP) is 3.21. The molecule has 0 fully saturated rings. The molecule has 0 atom stereocenters. The summed E-state index contributed by atoms with van der Waals surface area (Å²) in [6.07, 6.45) is 2.19. The number of fused-ring (bicyclic) bond motifs is 1. The lowest BCUT2D eigenvalue weighted by Gasteiger charge is -2.07. The van der Waals surface area contributed by atoms with Gasteiger partial charge in [0.15, 0.2) is 11.5 Å². The largest absolute Gasteiger partial charge is 0.507 e. The van der Waals surface area contributed by atoms with Crippen LogP contribution in [-0.2, 0) is 0 Å². The van der Waals surface area contributed by atoms with Crippen LogP contribution in [0.4, 0.5) is 11.4 Å². The fourth-order valence-corrected chi connectivity index (χ4v) is 2.14. The molecule has 0 amide bonds. The first-order chi connectivity index (χ1) is 11.1. The van der Waals surface area contributed by atoms with E-state index in [1.165, 1.54) is 24.4 Å². The first-order valence-electron chi connectivity index (χ1n) is 7.04. The number of aliphatic imine (C=N–C) groups is 1. The highest BCUT2D eigenvalue weighted by molar-refractivity contribution is 5.86. The van der Waals surface area contributed by atoms with Crippen molar-refractivity contribution in [2.75, 3.05) is 13.2 Å². The van der Waals surface area contributed by atoms with Crippen LogP contribution in [0.2, 0.25) is 0 Å². The maximum absolute atomic E-state index is 10.8. The van der Waals surface area contributed by atoms with Crippen molar-refractivity contribution in [2.45, 2.75) is 6.42 Å². The SMILES string of the molecule is O=[N+]([O-])c1ccc(O)c(C=Nc2ccc3c(c2)OCCCO3)c1. The number of ether oxygens (including phenoxy) is 2. The van der Waals surface area contributed by atoms with Crippen LogP contribution in [0.1, 0.15) is 12.0 Å². The lowest BCUT2D eigenvalue weighted by Crippen LogP contribution is -1.97. The minimum absolute atomic E-state index is 0.0753. The Balaban J connectivity index is 1.87. The average molecular weight is 314 g/mol. The molecule has 1 heterocycles. The van der Waals surface area contributed by atoms with Gasteiger partial charge in [0.25, 0.3) is 5.69 Å². The third-order valence-corrected chi connectivity index (χ3v) is 3.31. The Morgan fingerprint density at radius 3 is 2.70 bits per heavy atom. The third kappa shape index (κ3) is 3.39. The summed E-state index contributed by atoms with van der Waals surface area (Å²) in [7, 11) is 0. The van der Waals surface area contributed by atoms with E-state index in [0.717, 1.165) is 6.42 Å². The van der Waals surface area contributed by atoms with Crippen molar-refractivity contribution in [2.24, 2.45) is 4.99 Å². The molecule has 3 rings (SSSR count). The number of nitrogens with zero attached hydrogens (tertiary/aromatic N) is 2. The molecule has 2 aromatic carbocycles. The van der Waals surface area contributed by atoms with E-state index in [4.69, 9.17) is 9.47 Å². The first-order valence-corrected chi connectivity index (χ1v) is 7.04. The summed E-state index contributed by atoms with van der Waals surface area (Å²) in [5.41, 5.74) is 0.759. The maximum atomic E-state index is 10.8. The van der Waals surface area contributed by atoms with E-state index in [9.17, 15) is 15.2 Å². The van der Waals surface area contributed by atoms with Gasteiger partial charge in [0, 0.05) is 36.4 Å². The molecular formula is C16H14N2O5. The van der Waals surface area contributed by atoms with Gasteiger partial charge in [-0.25, -0.2) is 0 Å². The topological polar surface area (TPSA) is 94.2 Å². The molecule has 1 aliphatic heterocycles. The summed E-state index contributed by atoms with van der Waals surface area (Å²) in [6, 6.07) is 9.01. The molecule has 0 aliphatic carbocycles. The van der Waals surface area contributed by atoms with Crippen molar-refractivity contribution in [1.82, 2.24) is 0 Å². The molecule has 23 heavy (non-hydrogen) atoms. The molecule has 2 aromatic rings. The second-order valence-electron chi connectivity index (χ2n) is 4.94. The molecule has 7 heteroatoms. The second-order valence-corrected chi connectivity index (χ2v) is 4.94. The zero-order valence-electron chi connectivity index (χ0n) is 12.1. The highest BCUT2D eigenvalue weighted by Gasteiger charge is 2.11. The number of phenolic OH excluding ortho intramolecular Hbond substituents is 1. The minimum Gasteiger partial charge on any atom is -0.507 e. The van der Waals surface area contributed by atoms with Gasteiger partial charge < -0.3 is 14.6 Å². The second kappa shape index (κ2) is 6.35. The summed E-state index contributed by atoms with van der Waals surface area (Å²) in [5, 5.41) is 20.5. The molecule has 0 aromatic heterocycles. The molecule has 118 valence electrons. The van der Waals surface area contributed by atoms with Crippen molar-refractivity contribution in [3.8, 4) is 17.2 Å². The van der Waals surface area contributed by atoms with E-state index in [1.807, 2.05) is 0 Å². The van der Waals surface area contributed by atoms with Gasteiger partial charge >= 0.3 is 0 Å². The monoisotopic (exact) mass is 314 g/mol. The quantitative estimate of drug-likeness (QED) is 0.533. The molecule has 0 radical (unpaired) electrons. The number of rotatable bonds is 3. The number of non-ortho nitro benzene ring substituents is 1. The summed E-state index contributed by atoms with van der Waals surface area (Å²) in [5.74, 6) is 1.20. The van der Waals surface area contributed by atoms with E-state index in [1.54, 1.807) is 18.2 Å². The van der Waals surface area contributed by atoms with Crippen LogP contribution in [0, 0.1) is 10.1 Å². The van der Waals surface area contributed by atoms with Gasteiger partial charge in [0.05, 0.1) is 23.8 Å². The zero-order chi connectivity index (χ0) is 16.2. The van der Waals surface area contributed by atoms with Crippen molar-refractivity contribution < 1.29 is 19.5 Å². The molecule has 0 saturated carbocycles. The van der Waals surface area contributed by atoms with Gasteiger partial charge in [-0.05, 0) is 18.2 Å². The average Bonchev–Trinajstić information content (AvgIpc) is 2.78. The summed E-state index contributed by atoms with van der Waals surface area (Å²) >= 11 is 0. The van der Waals surface area contributed by atoms with E-state index < -0.39 is 4.92 Å². The van der Waals surface area contributed by atoms with Crippen molar-refractivity contribution >= 4 is 17.6 Å². The van der Waals surface area contributed by atoms with Crippen LogP contribution in [-0.4, -0.2) is 29.5 Å². The Hall–Kier alpha value is -3.09. The summed E-state index contributed by atoms with van der Waals surface area (Å²) in [4.78, 5) is 14.5. The van der Waals surface area contributed by atoms with Crippen molar-refractivity contribution in [1.29, 1.82) is 0 Å². The Morgan fingerprint density at radius 1 is 1.13 bits per heavy atom. The summed E-state index contributed by atoms with van der Waals surface area (Å²) in [6.45, 7) is 1.18. The first kappa shape index (κ1) is 14.8. The lowest BCUT2D eigenvalue weighted by atomic mass is 10.2. The normalized spacial score (nSPS) is 13.7. The number of hydrogen-bond donors (Lipinski definition) is 1. The van der Waals surface area contributed by atoms with Gasteiger partial charge in [-0.15, -0.1) is 0 Å². The molecular weight excluding hydrogens is 300 g/mol. The van der Waals surface area contributed by atoms with Gasteiger partial charge in [0.2, 0.25) is 0 Å². The predicted molar refractivity (Wildman–Crippen MR) is 84.1 cm³/mol. The fraction of sp³-hybridized carbons (Fsp3) is 0.188. The number of phenols is 1. The number of benzene rings is 2. The summed E-state index contributed by atoms with van der Waals surface area (Å²) < 4.78 is 11.1. The molecule has 0 saturated heterocycles. The molecule has 7 nitrogen and oxygen atoms in total. The number of nitro groups is 1. The van der Waals surface area contributed by atoms with E-state index in [2.05, 4.69) is 4.99 Å². The molecule has 0 unspecified atom stereocenters. The number of nitro benzene ring substituents is 1. The highest BCUT2D eigenvalue weighted by Crippen LogP contribution is 2.33. The van der Waals surface area contributed by atoms with Crippen molar-refractivity contribution in [3.05, 3.63) is 52.1 Å². The van der Waals surface area contributed by atoms with Crippen LogP contribution in [0.25, 0.3) is 0 Å². The highest BCUT2D eigenvalue weighted by atomic mass is 16.6. The third-order valence-electron chi connectivity index (χ3n) is 3.31. The number of aromatic hydroxyl groups is 1. The maximum Gasteiger partial charge on any atom is 0.270 e. The Kier molecular flexibility index (Phi) is 4.09. The van der Waals surface area contributed by atoms with Crippen LogP contribution in [0.5, 0.6) is 17.2 Å². The smallest absolute Gasteiger partial charge is 0.270 e. The fourth-order valence-electron chi connectivity index (χ4n) is 2.14. The van der Waals surface area contributed by atoms with Gasteiger partial charge in [-0.2, -0.15) is 0 Å². The van der Waals surface area contributed by atoms with Gasteiger partial charge in [0.1, 0.15) is 5.75 Å². The van der Waals surface area contributed by atoms with Crippen molar-refractivity contribution in [3.63, 3.8) is 0 Å². The molecule has 1 aliphatic rings. The zero-order valence-corrected chi connectivity index (χ0v) is 12.1. The number of hydrogen-bond acceptors (Lipinski definition) is 6. The Morgan fingerprint density at radius 2 is 1.91 bits per heavy atom. The standard InChI is InChI=1S/C16H14N2O5/c19-14-4-3-13(18(20)21)8-11(14)10-17-12-2-5-15-16(9-12)23-7-1-6-22-15/h2-5,8-10,19H,1,6-7H2. The molecule has 1 N–H and O–H groups in total. The van der Waals surface area contributed by atoms with Crippen LogP contribution in [0.15, 0.2) is 41.4 Å². The lowest BCUT2D eigenvalue weighted by molar-refractivity contribution is -0.384. The van der Waals surface area contributed by atoms with Gasteiger partial charge in [-0.3, -0.25) is 15.1 Å².